The number of aryl methyl sites for hydroxylation is 2. The van der Waals surface area contributed by atoms with Gasteiger partial charge in [0.15, 0.2) is 0 Å². The zero-order valence-corrected chi connectivity index (χ0v) is 21.5. The quantitative estimate of drug-likeness (QED) is 0.223. The van der Waals surface area contributed by atoms with E-state index >= 15 is 0 Å². The van der Waals surface area contributed by atoms with E-state index in [4.69, 9.17) is 9.72 Å². The van der Waals surface area contributed by atoms with Gasteiger partial charge in [-0.1, -0.05) is 55.8 Å². The molecule has 2 aromatic heterocycles. The minimum atomic E-state index is -0.341. The molecule has 2 heterocycles. The summed E-state index contributed by atoms with van der Waals surface area (Å²) >= 11 is 1.52. The third-order valence-corrected chi connectivity index (χ3v) is 7.88. The zero-order valence-electron chi connectivity index (χ0n) is 20.7. The number of anilines is 1. The van der Waals surface area contributed by atoms with E-state index in [1.54, 1.807) is 0 Å². The highest BCUT2D eigenvalue weighted by Gasteiger charge is 2.27. The maximum Gasteiger partial charge on any atom is 0.341 e. The SMILES string of the molecule is CCCOC(=O)c1c(NC(=O)c2cc(-c3ccccc3C)nc3ccccc23)sc2c1CCCCC2. The second kappa shape index (κ2) is 10.6. The Balaban J connectivity index is 1.57. The van der Waals surface area contributed by atoms with Gasteiger partial charge in [-0.25, -0.2) is 9.78 Å². The maximum absolute atomic E-state index is 13.8. The van der Waals surface area contributed by atoms with Crippen molar-refractivity contribution in [1.82, 2.24) is 4.98 Å². The molecule has 5 nitrogen and oxygen atoms in total. The first-order valence-electron chi connectivity index (χ1n) is 12.7. The molecule has 184 valence electrons. The summed E-state index contributed by atoms with van der Waals surface area (Å²) in [4.78, 5) is 32.9. The van der Waals surface area contributed by atoms with Crippen LogP contribution in [0.2, 0.25) is 0 Å². The lowest BCUT2D eigenvalue weighted by molar-refractivity contribution is 0.0505. The summed E-state index contributed by atoms with van der Waals surface area (Å²) in [5.41, 5.74) is 5.72. The summed E-state index contributed by atoms with van der Waals surface area (Å²) in [6.07, 6.45) is 5.81. The first-order valence-corrected chi connectivity index (χ1v) is 13.5. The second-order valence-corrected chi connectivity index (χ2v) is 10.4. The number of benzene rings is 2. The monoisotopic (exact) mass is 498 g/mol. The van der Waals surface area contributed by atoms with Crippen molar-refractivity contribution in [3.05, 3.63) is 81.7 Å². The molecule has 0 bridgehead atoms. The summed E-state index contributed by atoms with van der Waals surface area (Å²) < 4.78 is 5.54. The molecule has 0 spiro atoms. The van der Waals surface area contributed by atoms with Gasteiger partial charge in [0.2, 0.25) is 0 Å². The minimum absolute atomic E-state index is 0.246. The fraction of sp³-hybridized carbons (Fsp3) is 0.300. The van der Waals surface area contributed by atoms with Gasteiger partial charge in [-0.2, -0.15) is 0 Å². The van der Waals surface area contributed by atoms with E-state index in [0.29, 0.717) is 22.7 Å². The molecule has 2 aromatic carbocycles. The first kappa shape index (κ1) is 24.2. The third kappa shape index (κ3) is 4.78. The van der Waals surface area contributed by atoms with Crippen LogP contribution in [0.25, 0.3) is 22.2 Å². The van der Waals surface area contributed by atoms with Crippen molar-refractivity contribution in [2.24, 2.45) is 0 Å². The van der Waals surface area contributed by atoms with Gasteiger partial charge in [-0.15, -0.1) is 11.3 Å². The van der Waals surface area contributed by atoms with Crippen molar-refractivity contribution >= 4 is 39.1 Å². The van der Waals surface area contributed by atoms with Crippen LogP contribution in [0.1, 0.15) is 69.3 Å². The van der Waals surface area contributed by atoms with Crippen molar-refractivity contribution in [2.45, 2.75) is 52.4 Å². The Kier molecular flexibility index (Phi) is 7.14. The Hall–Kier alpha value is -3.51. The van der Waals surface area contributed by atoms with Gasteiger partial charge >= 0.3 is 5.97 Å². The predicted octanol–water partition coefficient (Wildman–Crippen LogP) is 7.36. The summed E-state index contributed by atoms with van der Waals surface area (Å²) in [7, 11) is 0. The van der Waals surface area contributed by atoms with E-state index in [9.17, 15) is 9.59 Å². The molecule has 0 unspecified atom stereocenters. The molecule has 0 saturated carbocycles. The normalized spacial score (nSPS) is 13.2. The number of nitrogens with one attached hydrogen (secondary N) is 1. The standard InChI is InChI=1S/C30H30N2O3S/c1-3-17-35-30(34)27-22-14-5-4-6-16-26(22)36-29(27)32-28(33)23-18-25(20-12-8-7-11-19(20)2)31-24-15-10-9-13-21(23)24/h7-13,15,18H,3-6,14,16-17H2,1-2H3,(H,32,33). The lowest BCUT2D eigenvalue weighted by Gasteiger charge is -2.12. The second-order valence-electron chi connectivity index (χ2n) is 9.25. The van der Waals surface area contributed by atoms with Crippen molar-refractivity contribution < 1.29 is 14.3 Å². The minimum Gasteiger partial charge on any atom is -0.462 e. The number of nitrogens with zero attached hydrogens (tertiary/aromatic N) is 1. The predicted molar refractivity (Wildman–Crippen MR) is 146 cm³/mol. The van der Waals surface area contributed by atoms with E-state index < -0.39 is 0 Å². The Morgan fingerprint density at radius 3 is 2.64 bits per heavy atom. The average molecular weight is 499 g/mol. The van der Waals surface area contributed by atoms with Gasteiger partial charge in [0.25, 0.3) is 5.91 Å². The molecule has 0 radical (unpaired) electrons. The van der Waals surface area contributed by atoms with Crippen LogP contribution in [0.4, 0.5) is 5.00 Å². The molecule has 1 aliphatic carbocycles. The fourth-order valence-corrected chi connectivity index (χ4v) is 6.12. The van der Waals surface area contributed by atoms with Gasteiger partial charge in [0.05, 0.1) is 28.9 Å². The highest BCUT2D eigenvalue weighted by Crippen LogP contribution is 2.38. The van der Waals surface area contributed by atoms with Crippen LogP contribution in [0.3, 0.4) is 0 Å². The summed E-state index contributed by atoms with van der Waals surface area (Å²) in [6.45, 7) is 4.38. The smallest absolute Gasteiger partial charge is 0.341 e. The third-order valence-electron chi connectivity index (χ3n) is 6.67. The van der Waals surface area contributed by atoms with Crippen LogP contribution in [-0.2, 0) is 17.6 Å². The van der Waals surface area contributed by atoms with E-state index in [1.807, 2.05) is 68.4 Å². The summed E-state index contributed by atoms with van der Waals surface area (Å²) in [5.74, 6) is -0.587. The molecule has 0 aliphatic heterocycles. The number of amides is 1. The number of rotatable bonds is 6. The molecular weight excluding hydrogens is 468 g/mol. The van der Waals surface area contributed by atoms with Gasteiger partial charge in [-0.3, -0.25) is 4.79 Å². The number of fused-ring (bicyclic) bond motifs is 2. The molecule has 1 N–H and O–H groups in total. The molecule has 1 amide bonds. The van der Waals surface area contributed by atoms with Crippen molar-refractivity contribution in [1.29, 1.82) is 0 Å². The molecular formula is C30H30N2O3S. The fourth-order valence-electron chi connectivity index (χ4n) is 4.85. The summed E-state index contributed by atoms with van der Waals surface area (Å²) in [6, 6.07) is 17.6. The largest absolute Gasteiger partial charge is 0.462 e. The van der Waals surface area contributed by atoms with Crippen molar-refractivity contribution in [3.8, 4) is 11.3 Å². The zero-order chi connectivity index (χ0) is 25.1. The molecule has 36 heavy (non-hydrogen) atoms. The van der Waals surface area contributed by atoms with Crippen LogP contribution in [0, 0.1) is 6.92 Å². The van der Waals surface area contributed by atoms with E-state index in [2.05, 4.69) is 5.32 Å². The number of aromatic nitrogens is 1. The van der Waals surface area contributed by atoms with E-state index in [-0.39, 0.29) is 11.9 Å². The average Bonchev–Trinajstić information content (AvgIpc) is 3.06. The number of thiophene rings is 1. The van der Waals surface area contributed by atoms with Crippen LogP contribution in [0.5, 0.6) is 0 Å². The number of hydrogen-bond acceptors (Lipinski definition) is 5. The molecule has 1 aliphatic rings. The Labute approximate surface area is 215 Å². The summed E-state index contributed by atoms with van der Waals surface area (Å²) in [5, 5.41) is 4.47. The van der Waals surface area contributed by atoms with E-state index in [0.717, 1.165) is 71.8 Å². The number of esters is 1. The van der Waals surface area contributed by atoms with Crippen molar-refractivity contribution in [2.75, 3.05) is 11.9 Å². The first-order chi connectivity index (χ1) is 17.6. The Morgan fingerprint density at radius 2 is 1.81 bits per heavy atom. The number of hydrogen-bond donors (Lipinski definition) is 1. The number of para-hydroxylation sites is 1. The number of carbonyl (C=O) groups is 2. The number of carbonyl (C=O) groups excluding carboxylic acids is 2. The highest BCUT2D eigenvalue weighted by atomic mass is 32.1. The molecule has 0 atom stereocenters. The topological polar surface area (TPSA) is 68.3 Å². The van der Waals surface area contributed by atoms with Crippen molar-refractivity contribution in [3.63, 3.8) is 0 Å². The van der Waals surface area contributed by atoms with Gasteiger partial charge < -0.3 is 10.1 Å². The number of ether oxygens (including phenoxy) is 1. The lowest BCUT2D eigenvalue weighted by Crippen LogP contribution is -2.16. The Morgan fingerprint density at radius 1 is 1.03 bits per heavy atom. The molecule has 5 rings (SSSR count). The van der Waals surface area contributed by atoms with Crippen LogP contribution < -0.4 is 5.32 Å². The molecule has 0 fully saturated rings. The highest BCUT2D eigenvalue weighted by molar-refractivity contribution is 7.17. The van der Waals surface area contributed by atoms with Crippen LogP contribution in [0.15, 0.2) is 54.6 Å². The van der Waals surface area contributed by atoms with Crippen LogP contribution in [-0.4, -0.2) is 23.5 Å². The number of pyridine rings is 1. The van der Waals surface area contributed by atoms with Crippen LogP contribution >= 0.6 is 11.3 Å². The van der Waals surface area contributed by atoms with E-state index in [1.165, 1.54) is 16.2 Å². The van der Waals surface area contributed by atoms with Gasteiger partial charge in [-0.05, 0) is 62.3 Å². The molecule has 6 heteroatoms. The molecule has 0 saturated heterocycles. The van der Waals surface area contributed by atoms with Gasteiger partial charge in [0, 0.05) is 15.8 Å². The maximum atomic E-state index is 13.8. The Bertz CT molecular complexity index is 1440. The van der Waals surface area contributed by atoms with Gasteiger partial charge in [0.1, 0.15) is 5.00 Å². The lowest BCUT2D eigenvalue weighted by atomic mass is 10.0. The molecule has 4 aromatic rings.